The van der Waals surface area contributed by atoms with Crippen LogP contribution < -0.4 is 4.72 Å². The number of fused-ring (bicyclic) bond motifs is 1. The first kappa shape index (κ1) is 14.1. The van der Waals surface area contributed by atoms with Crippen molar-refractivity contribution in [2.45, 2.75) is 4.90 Å². The van der Waals surface area contributed by atoms with Gasteiger partial charge in [0.2, 0.25) is 0 Å². The van der Waals surface area contributed by atoms with Gasteiger partial charge in [-0.2, -0.15) is 4.98 Å². The monoisotopic (exact) mass is 343 g/mol. The van der Waals surface area contributed by atoms with Crippen LogP contribution in [0.25, 0.3) is 5.78 Å². The number of nitrogens with one attached hydrogen (secondary N) is 1. The molecule has 3 rings (SSSR count). The van der Waals surface area contributed by atoms with Crippen LogP contribution >= 0.6 is 23.2 Å². The van der Waals surface area contributed by atoms with Crippen LogP contribution in [0.2, 0.25) is 10.0 Å². The van der Waals surface area contributed by atoms with E-state index in [1.165, 1.54) is 29.0 Å². The molecule has 2 heterocycles. The van der Waals surface area contributed by atoms with Crippen LogP contribution in [0.1, 0.15) is 0 Å². The lowest BCUT2D eigenvalue weighted by molar-refractivity contribution is 0.601. The van der Waals surface area contributed by atoms with Crippen molar-refractivity contribution in [3.05, 3.63) is 46.7 Å². The molecule has 10 heteroatoms. The van der Waals surface area contributed by atoms with Crippen molar-refractivity contribution < 1.29 is 8.42 Å². The van der Waals surface area contributed by atoms with Crippen LogP contribution in [0.3, 0.4) is 0 Å². The Balaban J connectivity index is 1.99. The summed E-state index contributed by atoms with van der Waals surface area (Å²) in [6.45, 7) is 0. The van der Waals surface area contributed by atoms with Gasteiger partial charge < -0.3 is 0 Å². The molecule has 0 unspecified atom stereocenters. The number of hydrogen-bond donors (Lipinski definition) is 1. The van der Waals surface area contributed by atoms with Crippen molar-refractivity contribution in [2.24, 2.45) is 0 Å². The average molecular weight is 344 g/mol. The smallest absolute Gasteiger partial charge is 0.246 e. The van der Waals surface area contributed by atoms with Gasteiger partial charge in [-0.25, -0.2) is 22.6 Å². The maximum Gasteiger partial charge on any atom is 0.265 e. The summed E-state index contributed by atoms with van der Waals surface area (Å²) in [5, 5.41) is 4.40. The first-order chi connectivity index (χ1) is 9.95. The Labute approximate surface area is 129 Å². The molecule has 0 spiro atoms. The van der Waals surface area contributed by atoms with E-state index in [-0.39, 0.29) is 21.6 Å². The summed E-state index contributed by atoms with van der Waals surface area (Å²) >= 11 is 11.6. The van der Waals surface area contributed by atoms with E-state index in [0.29, 0.717) is 5.02 Å². The lowest BCUT2D eigenvalue weighted by Gasteiger charge is -2.05. The number of anilines is 1. The number of nitrogens with zero attached hydrogens (tertiary/aromatic N) is 4. The van der Waals surface area contributed by atoms with Gasteiger partial charge >= 0.3 is 0 Å². The number of hydrogen-bond acceptors (Lipinski definition) is 5. The van der Waals surface area contributed by atoms with E-state index in [4.69, 9.17) is 23.2 Å². The van der Waals surface area contributed by atoms with Gasteiger partial charge in [-0.15, -0.1) is 5.10 Å². The van der Waals surface area contributed by atoms with Crippen molar-refractivity contribution in [3.63, 3.8) is 0 Å². The van der Waals surface area contributed by atoms with E-state index in [0.717, 1.165) is 0 Å². The van der Waals surface area contributed by atoms with Crippen LogP contribution in [0, 0.1) is 0 Å². The molecule has 0 fully saturated rings. The highest BCUT2D eigenvalue weighted by Gasteiger charge is 2.19. The molecule has 0 saturated heterocycles. The zero-order valence-corrected chi connectivity index (χ0v) is 12.6. The molecule has 0 saturated carbocycles. The second kappa shape index (κ2) is 5.14. The van der Waals surface area contributed by atoms with Crippen molar-refractivity contribution in [2.75, 3.05) is 4.72 Å². The van der Waals surface area contributed by atoms with Crippen molar-refractivity contribution in [1.82, 2.24) is 19.6 Å². The molecule has 0 radical (unpaired) electrons. The Hall–Kier alpha value is -1.90. The lowest BCUT2D eigenvalue weighted by atomic mass is 10.4. The maximum atomic E-state index is 12.2. The number of halogens is 2. The Morgan fingerprint density at radius 1 is 1.19 bits per heavy atom. The molecule has 0 aliphatic heterocycles. The van der Waals surface area contributed by atoms with E-state index in [1.807, 2.05) is 0 Å². The summed E-state index contributed by atoms with van der Waals surface area (Å²) in [5.41, 5.74) is 0. The SMILES string of the molecule is O=S(=O)(Nc1nc2ncc(Cl)cn2n1)c1ccccc1Cl. The molecule has 1 N–H and O–H groups in total. The minimum absolute atomic E-state index is 0.0588. The van der Waals surface area contributed by atoms with Gasteiger partial charge in [0.15, 0.2) is 0 Å². The summed E-state index contributed by atoms with van der Waals surface area (Å²) < 4.78 is 28.0. The maximum absolute atomic E-state index is 12.2. The third-order valence-corrected chi connectivity index (χ3v) is 4.54. The molecule has 7 nitrogen and oxygen atoms in total. The first-order valence-electron chi connectivity index (χ1n) is 5.61. The molecule has 3 aromatic rings. The van der Waals surface area contributed by atoms with Gasteiger partial charge in [0.1, 0.15) is 4.90 Å². The van der Waals surface area contributed by atoms with Gasteiger partial charge in [0.25, 0.3) is 21.7 Å². The highest BCUT2D eigenvalue weighted by atomic mass is 35.5. The van der Waals surface area contributed by atoms with Crippen LogP contribution in [0.5, 0.6) is 0 Å². The van der Waals surface area contributed by atoms with Gasteiger partial charge in [-0.3, -0.25) is 0 Å². The fourth-order valence-corrected chi connectivity index (χ4v) is 3.24. The summed E-state index contributed by atoms with van der Waals surface area (Å²) in [6, 6.07) is 6.07. The Morgan fingerprint density at radius 3 is 2.71 bits per heavy atom. The molecule has 0 bridgehead atoms. The predicted molar refractivity (Wildman–Crippen MR) is 78.1 cm³/mol. The van der Waals surface area contributed by atoms with Crippen LogP contribution in [0.4, 0.5) is 5.95 Å². The normalized spacial score (nSPS) is 11.7. The zero-order chi connectivity index (χ0) is 15.0. The van der Waals surface area contributed by atoms with Crippen molar-refractivity contribution in [1.29, 1.82) is 0 Å². The molecular formula is C11H7Cl2N5O2S. The summed E-state index contributed by atoms with van der Waals surface area (Å²) in [7, 11) is -3.88. The largest absolute Gasteiger partial charge is 0.265 e. The summed E-state index contributed by atoms with van der Waals surface area (Å²) in [4.78, 5) is 7.80. The van der Waals surface area contributed by atoms with E-state index < -0.39 is 10.0 Å². The van der Waals surface area contributed by atoms with Crippen LogP contribution in [-0.2, 0) is 10.0 Å². The number of aromatic nitrogens is 4. The Morgan fingerprint density at radius 2 is 1.95 bits per heavy atom. The molecule has 108 valence electrons. The molecule has 0 aliphatic rings. The topological polar surface area (TPSA) is 89.2 Å². The summed E-state index contributed by atoms with van der Waals surface area (Å²) in [6.07, 6.45) is 2.85. The predicted octanol–water partition coefficient (Wildman–Crippen LogP) is 2.23. The molecule has 0 atom stereocenters. The quantitative estimate of drug-likeness (QED) is 0.787. The van der Waals surface area contributed by atoms with Gasteiger partial charge in [0.05, 0.1) is 22.4 Å². The fourth-order valence-electron chi connectivity index (χ4n) is 1.64. The second-order valence-corrected chi connectivity index (χ2v) is 6.48. The van der Waals surface area contributed by atoms with Crippen LogP contribution in [-0.4, -0.2) is 28.0 Å². The fraction of sp³-hybridized carbons (Fsp3) is 0. The Bertz CT molecular complexity index is 925. The van der Waals surface area contributed by atoms with Gasteiger partial charge in [-0.1, -0.05) is 35.3 Å². The molecule has 0 amide bonds. The third-order valence-electron chi connectivity index (χ3n) is 2.51. The van der Waals surface area contributed by atoms with Gasteiger partial charge in [0, 0.05) is 0 Å². The lowest BCUT2D eigenvalue weighted by Crippen LogP contribution is -2.14. The van der Waals surface area contributed by atoms with E-state index in [9.17, 15) is 8.42 Å². The molecule has 1 aromatic carbocycles. The standard InChI is InChI=1S/C11H7Cl2N5O2S/c12-7-5-14-11-15-10(16-18(11)6-7)17-21(19,20)9-4-2-1-3-8(9)13/h1-6H,(H,16,17). The Kier molecular flexibility index (Phi) is 3.44. The summed E-state index contributed by atoms with van der Waals surface area (Å²) in [5.74, 6) is 0.0981. The minimum Gasteiger partial charge on any atom is -0.246 e. The third kappa shape index (κ3) is 2.78. The van der Waals surface area contributed by atoms with Crippen molar-refractivity contribution in [3.8, 4) is 0 Å². The number of benzene rings is 1. The van der Waals surface area contributed by atoms with E-state index >= 15 is 0 Å². The molecule has 2 aromatic heterocycles. The zero-order valence-electron chi connectivity index (χ0n) is 10.2. The highest BCUT2D eigenvalue weighted by Crippen LogP contribution is 2.22. The minimum atomic E-state index is -3.88. The van der Waals surface area contributed by atoms with E-state index in [2.05, 4.69) is 19.8 Å². The number of rotatable bonds is 3. The van der Waals surface area contributed by atoms with Crippen LogP contribution in [0.15, 0.2) is 41.6 Å². The van der Waals surface area contributed by atoms with Gasteiger partial charge in [-0.05, 0) is 12.1 Å². The molecule has 0 aliphatic carbocycles. The second-order valence-electron chi connectivity index (χ2n) is 3.99. The number of sulfonamides is 1. The van der Waals surface area contributed by atoms with E-state index in [1.54, 1.807) is 12.1 Å². The first-order valence-corrected chi connectivity index (χ1v) is 7.85. The highest BCUT2D eigenvalue weighted by molar-refractivity contribution is 7.92. The average Bonchev–Trinajstić information content (AvgIpc) is 2.79. The van der Waals surface area contributed by atoms with Crippen molar-refractivity contribution >= 4 is 45.0 Å². The molecule has 21 heavy (non-hydrogen) atoms. The molecular weight excluding hydrogens is 337 g/mol.